The van der Waals surface area contributed by atoms with E-state index in [0.717, 1.165) is 24.2 Å². The van der Waals surface area contributed by atoms with Crippen LogP contribution in [0.5, 0.6) is 0 Å². The number of aromatic nitrogens is 3. The molecule has 0 radical (unpaired) electrons. The van der Waals surface area contributed by atoms with Crippen LogP contribution >= 0.6 is 0 Å². The maximum Gasteiger partial charge on any atom is 0.319 e. The molecule has 1 atom stereocenters. The summed E-state index contributed by atoms with van der Waals surface area (Å²) in [6, 6.07) is 17.7. The van der Waals surface area contributed by atoms with Gasteiger partial charge in [-0.05, 0) is 29.3 Å². The summed E-state index contributed by atoms with van der Waals surface area (Å²) in [6.45, 7) is 3.32. The van der Waals surface area contributed by atoms with Crippen molar-refractivity contribution in [2.75, 3.05) is 18.5 Å². The molecule has 9 heteroatoms. The van der Waals surface area contributed by atoms with Gasteiger partial charge in [-0.1, -0.05) is 35.4 Å². The number of hydrogen-bond donors (Lipinski definition) is 2. The Morgan fingerprint density at radius 3 is 2.69 bits per heavy atom. The highest BCUT2D eigenvalue weighted by Gasteiger charge is 2.31. The van der Waals surface area contributed by atoms with E-state index in [2.05, 4.69) is 31.7 Å². The van der Waals surface area contributed by atoms with E-state index in [1.54, 1.807) is 25.1 Å². The molecule has 0 saturated carbocycles. The molecule has 0 amide bonds. The molecular formula is C23H21N7O2. The van der Waals surface area contributed by atoms with Crippen LogP contribution in [0.3, 0.4) is 0 Å². The minimum absolute atomic E-state index is 0.103. The number of aryl methyl sites for hydroxylation is 1. The van der Waals surface area contributed by atoms with Gasteiger partial charge in [0.05, 0.1) is 11.6 Å². The first-order valence-corrected chi connectivity index (χ1v) is 10.2. The summed E-state index contributed by atoms with van der Waals surface area (Å²) in [5.41, 5.74) is 6.38. The van der Waals surface area contributed by atoms with Gasteiger partial charge in [0.2, 0.25) is 5.89 Å². The van der Waals surface area contributed by atoms with Crippen molar-refractivity contribution in [1.82, 2.24) is 25.6 Å². The van der Waals surface area contributed by atoms with Gasteiger partial charge in [-0.25, -0.2) is 10.4 Å². The number of nitrogens with zero attached hydrogens (tertiary/aromatic N) is 5. The third-order valence-corrected chi connectivity index (χ3v) is 5.66. The minimum Gasteiger partial charge on any atom is -0.408 e. The van der Waals surface area contributed by atoms with Crippen molar-refractivity contribution >= 4 is 16.8 Å². The molecule has 4 aromatic rings. The Hall–Kier alpha value is -4.00. The number of aromatic amines is 1. The van der Waals surface area contributed by atoms with Gasteiger partial charge in [-0.15, -0.1) is 5.10 Å². The van der Waals surface area contributed by atoms with E-state index in [-0.39, 0.29) is 11.7 Å². The molecule has 2 aromatic carbocycles. The van der Waals surface area contributed by atoms with Crippen LogP contribution in [0.25, 0.3) is 22.0 Å². The normalized spacial score (nSPS) is 16.0. The van der Waals surface area contributed by atoms with E-state index in [0.29, 0.717) is 33.9 Å². The predicted molar refractivity (Wildman–Crippen MR) is 119 cm³/mol. The van der Waals surface area contributed by atoms with Gasteiger partial charge >= 0.3 is 6.01 Å². The van der Waals surface area contributed by atoms with Gasteiger partial charge in [-0.2, -0.15) is 5.26 Å². The van der Waals surface area contributed by atoms with Crippen LogP contribution in [0.4, 0.5) is 6.01 Å². The number of pyridine rings is 1. The summed E-state index contributed by atoms with van der Waals surface area (Å²) < 4.78 is 5.46. The van der Waals surface area contributed by atoms with E-state index in [1.165, 1.54) is 0 Å². The van der Waals surface area contributed by atoms with Crippen LogP contribution < -0.4 is 15.9 Å². The topological polar surface area (TPSA) is 114 Å². The summed E-state index contributed by atoms with van der Waals surface area (Å²) in [4.78, 5) is 17.3. The van der Waals surface area contributed by atoms with Crippen molar-refractivity contribution in [1.29, 1.82) is 5.26 Å². The molecule has 2 N–H and O–H groups in total. The first-order valence-electron chi connectivity index (χ1n) is 10.2. The predicted octanol–water partition coefficient (Wildman–Crippen LogP) is 2.54. The second-order valence-corrected chi connectivity index (χ2v) is 7.83. The van der Waals surface area contributed by atoms with Crippen LogP contribution in [0.1, 0.15) is 17.0 Å². The van der Waals surface area contributed by atoms with Crippen molar-refractivity contribution < 1.29 is 4.42 Å². The van der Waals surface area contributed by atoms with Gasteiger partial charge in [-0.3, -0.25) is 4.79 Å². The quantitative estimate of drug-likeness (QED) is 0.499. The molecule has 9 nitrogen and oxygen atoms in total. The summed E-state index contributed by atoms with van der Waals surface area (Å²) >= 11 is 0. The molecule has 1 aliphatic rings. The number of hydrogen-bond acceptors (Lipinski definition) is 8. The van der Waals surface area contributed by atoms with E-state index < -0.39 is 0 Å². The van der Waals surface area contributed by atoms with Crippen molar-refractivity contribution in [2.24, 2.45) is 0 Å². The van der Waals surface area contributed by atoms with Crippen LogP contribution in [0.2, 0.25) is 0 Å². The van der Waals surface area contributed by atoms with Crippen molar-refractivity contribution in [3.63, 3.8) is 0 Å². The molecule has 2 aromatic heterocycles. The van der Waals surface area contributed by atoms with Crippen molar-refractivity contribution in [3.05, 3.63) is 75.9 Å². The van der Waals surface area contributed by atoms with E-state index in [4.69, 9.17) is 4.42 Å². The number of likely N-dealkylation sites (N-methyl/N-ethyl adjacent to an activating group) is 1. The number of hydrazine groups is 1. The zero-order valence-corrected chi connectivity index (χ0v) is 17.7. The van der Waals surface area contributed by atoms with E-state index in [1.807, 2.05) is 42.3 Å². The first kappa shape index (κ1) is 19.9. The van der Waals surface area contributed by atoms with E-state index >= 15 is 0 Å². The first-order chi connectivity index (χ1) is 15.5. The monoisotopic (exact) mass is 427 g/mol. The standard InChI is InChI=1S/C23H21N7O2/c1-14-26-27-23(32-14)29(2)21-13-30(28-21)12-15-6-8-16(9-7-15)20-10-19-17(11-24)4-3-5-18(19)22(31)25-20/h3-10,21,28H,12-13H2,1-2H3,(H,25,31). The fraction of sp³-hybridized carbons (Fsp3) is 0.217. The Morgan fingerprint density at radius 2 is 2.00 bits per heavy atom. The highest BCUT2D eigenvalue weighted by molar-refractivity contribution is 5.89. The lowest BCUT2D eigenvalue weighted by atomic mass is 10.0. The Labute approximate surface area is 183 Å². The van der Waals surface area contributed by atoms with Gasteiger partial charge in [0.25, 0.3) is 5.56 Å². The lowest BCUT2D eigenvalue weighted by Gasteiger charge is -2.44. The smallest absolute Gasteiger partial charge is 0.319 e. The Morgan fingerprint density at radius 1 is 1.22 bits per heavy atom. The third-order valence-electron chi connectivity index (χ3n) is 5.66. The molecule has 1 aliphatic heterocycles. The van der Waals surface area contributed by atoms with Crippen LogP contribution in [0.15, 0.2) is 57.7 Å². The van der Waals surface area contributed by atoms with Crippen molar-refractivity contribution in [2.45, 2.75) is 19.6 Å². The van der Waals surface area contributed by atoms with Crippen LogP contribution in [0, 0.1) is 18.3 Å². The Balaban J connectivity index is 1.27. The molecule has 1 unspecified atom stereocenters. The fourth-order valence-corrected chi connectivity index (χ4v) is 3.83. The zero-order valence-electron chi connectivity index (χ0n) is 17.7. The Kier molecular flexibility index (Phi) is 4.93. The molecule has 3 heterocycles. The minimum atomic E-state index is -0.199. The number of H-pyrrole nitrogens is 1. The van der Waals surface area contributed by atoms with E-state index in [9.17, 15) is 10.1 Å². The van der Waals surface area contributed by atoms with Gasteiger partial charge in [0.1, 0.15) is 6.17 Å². The number of fused-ring (bicyclic) bond motifs is 1. The number of rotatable bonds is 5. The third kappa shape index (κ3) is 3.62. The lowest BCUT2D eigenvalue weighted by Crippen LogP contribution is -2.67. The molecule has 1 saturated heterocycles. The summed E-state index contributed by atoms with van der Waals surface area (Å²) in [5.74, 6) is 0.541. The average molecular weight is 427 g/mol. The summed E-state index contributed by atoms with van der Waals surface area (Å²) in [7, 11) is 1.92. The fourth-order valence-electron chi connectivity index (χ4n) is 3.83. The summed E-state index contributed by atoms with van der Waals surface area (Å²) in [5, 5.41) is 20.6. The molecule has 0 aliphatic carbocycles. The maximum atomic E-state index is 12.5. The number of nitriles is 1. The maximum absolute atomic E-state index is 12.5. The lowest BCUT2D eigenvalue weighted by molar-refractivity contribution is 0.0328. The van der Waals surface area contributed by atoms with Crippen LogP contribution in [-0.4, -0.2) is 39.9 Å². The summed E-state index contributed by atoms with van der Waals surface area (Å²) in [6.07, 6.45) is 0.103. The molecule has 0 bridgehead atoms. The highest BCUT2D eigenvalue weighted by atomic mass is 16.4. The molecule has 32 heavy (non-hydrogen) atoms. The molecule has 160 valence electrons. The second kappa shape index (κ2) is 7.92. The van der Waals surface area contributed by atoms with Gasteiger partial charge < -0.3 is 14.3 Å². The molecule has 5 rings (SSSR count). The average Bonchev–Trinajstić information content (AvgIpc) is 3.22. The number of anilines is 1. The van der Waals surface area contributed by atoms with Gasteiger partial charge in [0.15, 0.2) is 0 Å². The largest absolute Gasteiger partial charge is 0.408 e. The highest BCUT2D eigenvalue weighted by Crippen LogP contribution is 2.24. The molecule has 1 fully saturated rings. The second-order valence-electron chi connectivity index (χ2n) is 7.83. The number of nitrogens with one attached hydrogen (secondary N) is 2. The van der Waals surface area contributed by atoms with Crippen molar-refractivity contribution in [3.8, 4) is 17.3 Å². The van der Waals surface area contributed by atoms with Crippen LogP contribution in [-0.2, 0) is 6.54 Å². The molecule has 0 spiro atoms. The van der Waals surface area contributed by atoms with Gasteiger partial charge in [0, 0.05) is 43.5 Å². The SMILES string of the molecule is Cc1nnc(N(C)C2CN(Cc3ccc(-c4cc5c(C#N)cccc5c(=O)[nH]4)cc3)N2)o1. The zero-order chi connectivity index (χ0) is 22.2. The number of benzene rings is 2. The molecular weight excluding hydrogens is 406 g/mol. The Bertz CT molecular complexity index is 1380.